The lowest BCUT2D eigenvalue weighted by Gasteiger charge is -2.22. The molecule has 0 atom stereocenters. The first-order valence-corrected chi connectivity index (χ1v) is 11.4. The summed E-state index contributed by atoms with van der Waals surface area (Å²) in [5.74, 6) is 0.0527. The van der Waals surface area contributed by atoms with E-state index in [1.54, 1.807) is 6.92 Å². The Bertz CT molecular complexity index is 1190. The van der Waals surface area contributed by atoms with E-state index in [-0.39, 0.29) is 16.6 Å². The molecular formula is C16H19N7O6S2. The summed E-state index contributed by atoms with van der Waals surface area (Å²) in [4.78, 5) is 32.7. The summed E-state index contributed by atoms with van der Waals surface area (Å²) in [6, 6.07) is 6.10. The van der Waals surface area contributed by atoms with Crippen molar-refractivity contribution in [2.45, 2.75) is 30.1 Å². The molecule has 0 fully saturated rings. The number of nitrogens with two attached hydrogens (primary N) is 2. The highest BCUT2D eigenvalue weighted by molar-refractivity contribution is 8.30. The van der Waals surface area contributed by atoms with Gasteiger partial charge in [-0.2, -0.15) is 13.5 Å². The molecule has 0 amide bonds. The van der Waals surface area contributed by atoms with E-state index in [1.165, 1.54) is 23.2 Å². The third kappa shape index (κ3) is 4.68. The second-order valence-electron chi connectivity index (χ2n) is 6.14. The Balaban J connectivity index is 2.94. The molecule has 0 bridgehead atoms. The Kier molecular flexibility index (Phi) is 7.04. The van der Waals surface area contributed by atoms with Gasteiger partial charge in [-0.25, -0.2) is 5.01 Å². The van der Waals surface area contributed by atoms with Crippen molar-refractivity contribution in [3.05, 3.63) is 57.1 Å². The van der Waals surface area contributed by atoms with E-state index < -0.39 is 30.5 Å². The average Bonchev–Trinajstić information content (AvgIpc) is 2.76. The van der Waals surface area contributed by atoms with Gasteiger partial charge in [0.15, 0.2) is 10.6 Å². The number of anilines is 1. The maximum Gasteiger partial charge on any atom is 0.294 e. The maximum atomic E-state index is 11.7. The number of nitrogens with zero attached hydrogens (tertiary/aromatic N) is 5. The zero-order valence-electron chi connectivity index (χ0n) is 16.4. The number of rotatable bonds is 9. The summed E-state index contributed by atoms with van der Waals surface area (Å²) in [6.45, 7) is 3.63. The van der Waals surface area contributed by atoms with Crippen LogP contribution in [0.2, 0.25) is 0 Å². The second kappa shape index (κ2) is 9.15. The van der Waals surface area contributed by atoms with Gasteiger partial charge in [0, 0.05) is 25.7 Å². The van der Waals surface area contributed by atoms with Crippen LogP contribution in [0.25, 0.3) is 10.8 Å². The molecular weight excluding hydrogens is 450 g/mol. The SMILES string of the molecule is CC/C(C)=N\N(/C(N)=C/N)c1ccc2c(S(N=O)(N=O)N=O)cc(S(=O)(=O)O)cc2c1. The molecule has 0 unspecified atom stereocenters. The number of benzene rings is 2. The van der Waals surface area contributed by atoms with E-state index in [2.05, 4.69) is 18.8 Å². The molecule has 0 aliphatic carbocycles. The molecule has 0 aromatic heterocycles. The largest absolute Gasteiger partial charge is 0.402 e. The fraction of sp³-hybridized carbons (Fsp3) is 0.188. The van der Waals surface area contributed by atoms with Crippen LogP contribution in [0.4, 0.5) is 5.69 Å². The molecule has 0 radical (unpaired) electrons. The zero-order valence-corrected chi connectivity index (χ0v) is 18.0. The lowest BCUT2D eigenvalue weighted by Crippen LogP contribution is -2.24. The van der Waals surface area contributed by atoms with Crippen LogP contribution in [-0.2, 0) is 10.1 Å². The number of fused-ring (bicyclic) bond motifs is 1. The predicted molar refractivity (Wildman–Crippen MR) is 119 cm³/mol. The van der Waals surface area contributed by atoms with E-state index >= 15 is 0 Å². The van der Waals surface area contributed by atoms with Crippen LogP contribution in [0.3, 0.4) is 0 Å². The van der Waals surface area contributed by atoms with Crippen molar-refractivity contribution in [2.75, 3.05) is 5.01 Å². The summed E-state index contributed by atoms with van der Waals surface area (Å²) in [5, 5.41) is 5.83. The van der Waals surface area contributed by atoms with Crippen LogP contribution in [0, 0.1) is 14.7 Å². The topological polar surface area (TPSA) is 210 Å². The van der Waals surface area contributed by atoms with Crippen LogP contribution in [0.15, 0.2) is 71.0 Å². The minimum atomic E-state index is -4.79. The molecule has 2 aromatic rings. The van der Waals surface area contributed by atoms with Crippen LogP contribution >= 0.6 is 10.6 Å². The molecule has 0 saturated heterocycles. The molecule has 2 aromatic carbocycles. The van der Waals surface area contributed by atoms with Crippen molar-refractivity contribution in [1.29, 1.82) is 0 Å². The van der Waals surface area contributed by atoms with Gasteiger partial charge in [-0.3, -0.25) is 4.55 Å². The molecule has 0 saturated carbocycles. The number of hydrazone groups is 1. The molecule has 5 N–H and O–H groups in total. The molecule has 0 heterocycles. The van der Waals surface area contributed by atoms with Crippen molar-refractivity contribution in [1.82, 2.24) is 0 Å². The molecule has 31 heavy (non-hydrogen) atoms. The average molecular weight is 470 g/mol. The van der Waals surface area contributed by atoms with Gasteiger partial charge in [-0.15, -0.1) is 14.7 Å². The van der Waals surface area contributed by atoms with Gasteiger partial charge >= 0.3 is 0 Å². The monoisotopic (exact) mass is 469 g/mol. The Labute approximate surface area is 178 Å². The maximum absolute atomic E-state index is 11.7. The summed E-state index contributed by atoms with van der Waals surface area (Å²) >= 11 is 0. The van der Waals surface area contributed by atoms with Gasteiger partial charge in [0.2, 0.25) is 0 Å². The Morgan fingerprint density at radius 1 is 1.13 bits per heavy atom. The molecule has 15 heteroatoms. The molecule has 0 aliphatic heterocycles. The Hall–Kier alpha value is -3.43. The molecule has 0 spiro atoms. The number of nitroso groups, excluding NO2 is 3. The standard InChI is InChI=1S/C16H19N7O6S2/c1-3-10(2)19-23(16(18)9-17)12-4-5-14-11(6-12)7-13(31(27,28)29)8-15(14)30(20-24,21-25)22-26/h4-9H,3,17-18H2,1-2H3,(H,27,28,29)/b16-9+,19-10-. The summed E-state index contributed by atoms with van der Waals surface area (Å²) in [5.41, 5.74) is 12.4. The molecule has 0 aliphatic rings. The van der Waals surface area contributed by atoms with Crippen molar-refractivity contribution in [3.63, 3.8) is 0 Å². The van der Waals surface area contributed by atoms with Crippen molar-refractivity contribution in [2.24, 2.45) is 30.3 Å². The fourth-order valence-corrected chi connectivity index (χ4v) is 4.25. The summed E-state index contributed by atoms with van der Waals surface area (Å²) < 4.78 is 40.4. The second-order valence-corrected chi connectivity index (χ2v) is 9.48. The van der Waals surface area contributed by atoms with Crippen molar-refractivity contribution >= 4 is 42.9 Å². The van der Waals surface area contributed by atoms with Crippen LogP contribution in [-0.4, -0.2) is 18.7 Å². The van der Waals surface area contributed by atoms with Gasteiger partial charge in [-0.1, -0.05) is 13.0 Å². The third-order valence-corrected chi connectivity index (χ3v) is 6.60. The van der Waals surface area contributed by atoms with Crippen molar-refractivity contribution < 1.29 is 13.0 Å². The van der Waals surface area contributed by atoms with Crippen LogP contribution in [0.1, 0.15) is 20.3 Å². The fourth-order valence-electron chi connectivity index (χ4n) is 2.54. The third-order valence-electron chi connectivity index (χ3n) is 4.22. The van der Waals surface area contributed by atoms with Gasteiger partial charge < -0.3 is 11.5 Å². The lowest BCUT2D eigenvalue weighted by atomic mass is 10.1. The number of hydrogen-bond donors (Lipinski definition) is 3. The van der Waals surface area contributed by atoms with E-state index in [0.29, 0.717) is 17.8 Å². The highest BCUT2D eigenvalue weighted by Crippen LogP contribution is 2.61. The van der Waals surface area contributed by atoms with E-state index in [1.807, 2.05) is 6.92 Å². The highest BCUT2D eigenvalue weighted by Gasteiger charge is 2.35. The first-order valence-electron chi connectivity index (χ1n) is 8.50. The lowest BCUT2D eigenvalue weighted by molar-refractivity contribution is 0.483. The minimum absolute atomic E-state index is 0.0527. The minimum Gasteiger partial charge on any atom is -0.402 e. The zero-order chi connectivity index (χ0) is 23.4. The first-order chi connectivity index (χ1) is 14.6. The predicted octanol–water partition coefficient (Wildman–Crippen LogP) is 3.60. The highest BCUT2D eigenvalue weighted by atomic mass is 32.3. The summed E-state index contributed by atoms with van der Waals surface area (Å²) in [6.07, 6.45) is 1.71. The van der Waals surface area contributed by atoms with E-state index in [0.717, 1.165) is 18.3 Å². The molecule has 166 valence electrons. The molecule has 2 rings (SSSR count). The van der Waals surface area contributed by atoms with Crippen molar-refractivity contribution in [3.8, 4) is 0 Å². The first kappa shape index (κ1) is 23.8. The smallest absolute Gasteiger partial charge is 0.294 e. The van der Waals surface area contributed by atoms with Crippen LogP contribution in [0.5, 0.6) is 0 Å². The van der Waals surface area contributed by atoms with Crippen LogP contribution < -0.4 is 16.5 Å². The molecule has 13 nitrogen and oxygen atoms in total. The van der Waals surface area contributed by atoms with Gasteiger partial charge in [0.05, 0.1) is 15.5 Å². The quantitative estimate of drug-likeness (QED) is 0.211. The van der Waals surface area contributed by atoms with Gasteiger partial charge in [0.1, 0.15) is 5.82 Å². The summed E-state index contributed by atoms with van der Waals surface area (Å²) in [7, 11) is -8.83. The Morgan fingerprint density at radius 3 is 2.23 bits per heavy atom. The normalized spacial score (nSPS) is 13.6. The Morgan fingerprint density at radius 2 is 1.74 bits per heavy atom. The number of hydrogen-bond acceptors (Lipinski definition) is 12. The van der Waals surface area contributed by atoms with E-state index in [9.17, 15) is 27.7 Å². The van der Waals surface area contributed by atoms with Gasteiger partial charge in [-0.05, 0) is 48.4 Å². The van der Waals surface area contributed by atoms with Gasteiger partial charge in [0.25, 0.3) is 10.1 Å². The van der Waals surface area contributed by atoms with E-state index in [4.69, 9.17) is 11.5 Å².